The van der Waals surface area contributed by atoms with Crippen LogP contribution < -0.4 is 0 Å². The molecule has 0 aliphatic heterocycles. The van der Waals surface area contributed by atoms with Crippen molar-refractivity contribution in [2.24, 2.45) is 0 Å². The van der Waals surface area contributed by atoms with Crippen LogP contribution in [0.4, 0.5) is 5.69 Å². The molecule has 5 nitrogen and oxygen atoms in total. The molecule has 7 heteroatoms. The van der Waals surface area contributed by atoms with Gasteiger partial charge in [0.15, 0.2) is 0 Å². The van der Waals surface area contributed by atoms with Crippen LogP contribution in [-0.2, 0) is 10.3 Å². The van der Waals surface area contributed by atoms with Crippen molar-refractivity contribution in [3.63, 3.8) is 0 Å². The molecule has 0 radical (unpaired) electrons. The second kappa shape index (κ2) is 4.83. The molecule has 0 saturated carbocycles. The first kappa shape index (κ1) is 12.7. The zero-order valence-corrected chi connectivity index (χ0v) is 6.77. The van der Waals surface area contributed by atoms with E-state index in [4.69, 9.17) is 10.1 Å². The molecule has 0 aliphatic carbocycles. The van der Waals surface area contributed by atoms with Crippen LogP contribution in [0.2, 0.25) is 0 Å². The molecule has 0 saturated heterocycles. The van der Waals surface area contributed by atoms with Crippen LogP contribution in [0.25, 0.3) is 5.53 Å². The van der Waals surface area contributed by atoms with Crippen molar-refractivity contribution >= 4 is 45.5 Å². The summed E-state index contributed by atoms with van der Waals surface area (Å²) in [4.78, 5) is 0. The van der Waals surface area contributed by atoms with Gasteiger partial charge in [-0.25, -0.2) is 4.55 Å². The van der Waals surface area contributed by atoms with Crippen LogP contribution in [0.5, 0.6) is 0 Å². The molecule has 0 aliphatic rings. The Morgan fingerprint density at radius 3 is 2.08 bits per heavy atom. The fourth-order valence-electron chi connectivity index (χ4n) is 0.689. The molecule has 66 valence electrons. The Balaban J connectivity index is 0.00000144. The Morgan fingerprint density at radius 1 is 1.23 bits per heavy atom. The van der Waals surface area contributed by atoms with E-state index in [1.54, 1.807) is 6.07 Å². The average Bonchev–Trinajstić information content (AvgIpc) is 2.03. The fourth-order valence-corrected chi connectivity index (χ4v) is 1.08. The average molecular weight is 210 g/mol. The Kier molecular flexibility index (Phi) is 4.72. The predicted molar refractivity (Wildman–Crippen MR) is 48.4 cm³/mol. The van der Waals surface area contributed by atoms with E-state index >= 15 is 0 Å². The maximum absolute atomic E-state index is 10.4. The summed E-state index contributed by atoms with van der Waals surface area (Å²) in [5.41, 5.74) is 8.84. The molecule has 0 heterocycles. The molecule has 0 aromatic heterocycles. The predicted octanol–water partition coefficient (Wildman–Crippen LogP) is 0.506. The first-order valence-electron chi connectivity index (χ1n) is 3.03. The van der Waals surface area contributed by atoms with Gasteiger partial charge in [-0.05, 0) is 0 Å². The quantitative estimate of drug-likeness (QED) is 0.334. The Hall–Kier alpha value is -0.270. The van der Waals surface area contributed by atoms with Crippen LogP contribution in [0.3, 0.4) is 0 Å². The summed E-state index contributed by atoms with van der Waals surface area (Å²) in [5, 5.41) is 0. The van der Waals surface area contributed by atoms with Crippen molar-refractivity contribution in [2.45, 2.75) is 0 Å². The SMILES string of the molecule is [N-]=[N+](c1ccccc1)S(=O)(=O)O.[NaH]. The van der Waals surface area contributed by atoms with Gasteiger partial charge >= 0.3 is 39.9 Å². The van der Waals surface area contributed by atoms with E-state index in [0.29, 0.717) is 0 Å². The van der Waals surface area contributed by atoms with E-state index in [1.807, 2.05) is 0 Å². The van der Waals surface area contributed by atoms with Gasteiger partial charge in [-0.2, -0.15) is 0 Å². The number of benzene rings is 1. The number of para-hydroxylation sites is 1. The Morgan fingerprint density at radius 2 is 1.69 bits per heavy atom. The second-order valence-corrected chi connectivity index (χ2v) is 3.30. The summed E-state index contributed by atoms with van der Waals surface area (Å²) in [6.07, 6.45) is 0. The number of rotatable bonds is 2. The molecular formula is C6H7N2NaO3S. The van der Waals surface area contributed by atoms with E-state index in [0.717, 1.165) is 0 Å². The van der Waals surface area contributed by atoms with Crippen molar-refractivity contribution in [3.8, 4) is 0 Å². The van der Waals surface area contributed by atoms with E-state index in [2.05, 4.69) is 0 Å². The van der Waals surface area contributed by atoms with Crippen molar-refractivity contribution < 1.29 is 17.1 Å². The zero-order valence-electron chi connectivity index (χ0n) is 5.95. The van der Waals surface area contributed by atoms with Gasteiger partial charge in [0.1, 0.15) is 0 Å². The molecule has 1 aromatic carbocycles. The maximum atomic E-state index is 10.4. The first-order valence-corrected chi connectivity index (χ1v) is 4.43. The monoisotopic (exact) mass is 210 g/mol. The van der Waals surface area contributed by atoms with E-state index < -0.39 is 10.3 Å². The Bertz CT molecular complexity index is 390. The standard InChI is InChI=1S/C6H6N2O3S.Na.H/c7-8(12(9,10)11)6-4-2-1-3-5-6;;/h1-5H,(H,9,10,11);;. The van der Waals surface area contributed by atoms with Gasteiger partial charge in [-0.3, -0.25) is 0 Å². The molecule has 0 bridgehead atoms. The normalized spacial score (nSPS) is 10.2. The number of hydrogen-bond donors (Lipinski definition) is 1. The molecule has 1 N–H and O–H groups in total. The zero-order chi connectivity index (χ0) is 9.19. The van der Waals surface area contributed by atoms with Crippen LogP contribution in [-0.4, -0.2) is 46.6 Å². The third-order valence-corrected chi connectivity index (χ3v) is 1.84. The number of hydrogen-bond acceptors (Lipinski definition) is 2. The summed E-state index contributed by atoms with van der Waals surface area (Å²) < 4.78 is 28.9. The summed E-state index contributed by atoms with van der Waals surface area (Å²) >= 11 is 0. The molecule has 0 amide bonds. The summed E-state index contributed by atoms with van der Waals surface area (Å²) in [7, 11) is -4.57. The molecule has 1 rings (SSSR count). The molecule has 13 heavy (non-hydrogen) atoms. The molecule has 1 aromatic rings. The van der Waals surface area contributed by atoms with Gasteiger partial charge < -0.3 is 5.53 Å². The van der Waals surface area contributed by atoms with Gasteiger partial charge in [0, 0.05) is 12.1 Å². The van der Waals surface area contributed by atoms with Crippen molar-refractivity contribution in [1.29, 1.82) is 0 Å². The van der Waals surface area contributed by atoms with Crippen molar-refractivity contribution in [2.75, 3.05) is 0 Å². The third kappa shape index (κ3) is 3.53. The Labute approximate surface area is 98.1 Å². The second-order valence-electron chi connectivity index (χ2n) is 2.06. The van der Waals surface area contributed by atoms with Gasteiger partial charge in [0.05, 0.1) is 0 Å². The van der Waals surface area contributed by atoms with Crippen molar-refractivity contribution in [3.05, 3.63) is 35.9 Å². The summed E-state index contributed by atoms with van der Waals surface area (Å²) in [6.45, 7) is 0. The van der Waals surface area contributed by atoms with Gasteiger partial charge in [-0.15, -0.1) is 12.5 Å². The fraction of sp³-hybridized carbons (Fsp3) is 0. The molecule has 0 fully saturated rings. The first-order chi connectivity index (χ1) is 5.52. The van der Waals surface area contributed by atoms with Gasteiger partial charge in [0.2, 0.25) is 5.69 Å². The van der Waals surface area contributed by atoms with Gasteiger partial charge in [0.25, 0.3) is 0 Å². The topological polar surface area (TPSA) is 79.7 Å². The van der Waals surface area contributed by atoms with Crippen LogP contribution in [0.1, 0.15) is 0 Å². The van der Waals surface area contributed by atoms with E-state index in [-0.39, 0.29) is 39.3 Å². The molecule has 0 spiro atoms. The van der Waals surface area contributed by atoms with Crippen LogP contribution in [0, 0.1) is 0 Å². The van der Waals surface area contributed by atoms with E-state index in [9.17, 15) is 8.42 Å². The molecule has 0 atom stereocenters. The van der Waals surface area contributed by atoms with Crippen molar-refractivity contribution in [1.82, 2.24) is 0 Å². The molecule has 0 unspecified atom stereocenters. The summed E-state index contributed by atoms with van der Waals surface area (Å²) in [6, 6.07) is 7.40. The number of nitrogens with zero attached hydrogens (tertiary/aromatic N) is 2. The summed E-state index contributed by atoms with van der Waals surface area (Å²) in [5.74, 6) is 0. The van der Waals surface area contributed by atoms with E-state index in [1.165, 1.54) is 24.3 Å². The minimum atomic E-state index is -4.57. The van der Waals surface area contributed by atoms with Crippen LogP contribution >= 0.6 is 0 Å². The minimum absolute atomic E-state index is 0. The third-order valence-electron chi connectivity index (χ3n) is 1.20. The van der Waals surface area contributed by atoms with Crippen LogP contribution in [0.15, 0.2) is 30.3 Å². The van der Waals surface area contributed by atoms with Gasteiger partial charge in [-0.1, -0.05) is 18.2 Å². The molecular weight excluding hydrogens is 203 g/mol.